The molecule has 1 aliphatic rings. The highest BCUT2D eigenvalue weighted by Crippen LogP contribution is 2.40. The molecule has 0 atom stereocenters. The second-order valence-electron chi connectivity index (χ2n) is 7.57. The van der Waals surface area contributed by atoms with Gasteiger partial charge in [-0.1, -0.05) is 48.5 Å². The molecule has 2 aromatic carbocycles. The van der Waals surface area contributed by atoms with Crippen LogP contribution in [0.5, 0.6) is 5.75 Å². The smallest absolute Gasteiger partial charge is 0.257 e. The lowest BCUT2D eigenvalue weighted by Crippen LogP contribution is -2.41. The molecule has 7 heteroatoms. The lowest BCUT2D eigenvalue weighted by molar-refractivity contribution is -0.115. The fourth-order valence-corrected chi connectivity index (χ4v) is 5.06. The van der Waals surface area contributed by atoms with Gasteiger partial charge in [-0.15, -0.1) is 11.3 Å². The number of nitrogens with one attached hydrogen (secondary N) is 1. The van der Waals surface area contributed by atoms with E-state index in [1.54, 1.807) is 12.0 Å². The first kappa shape index (κ1) is 22.0. The van der Waals surface area contributed by atoms with E-state index in [1.807, 2.05) is 61.5 Å². The molecular formula is C25H26N2O4S. The van der Waals surface area contributed by atoms with Crippen molar-refractivity contribution in [1.29, 1.82) is 0 Å². The van der Waals surface area contributed by atoms with Crippen LogP contribution in [0, 0.1) is 6.92 Å². The summed E-state index contributed by atoms with van der Waals surface area (Å²) in [6.07, 6.45) is 0.160. The monoisotopic (exact) mass is 450 g/mol. The average Bonchev–Trinajstić information content (AvgIpc) is 3.15. The van der Waals surface area contributed by atoms with Crippen molar-refractivity contribution in [1.82, 2.24) is 4.90 Å². The number of morpholine rings is 1. The number of ether oxygens (including phenoxy) is 2. The number of carbonyl (C=O) groups excluding carboxylic acids is 2. The number of rotatable bonds is 6. The quantitative estimate of drug-likeness (QED) is 0.605. The standard InChI is InChI=1S/C25H26N2O4S/c1-17-22(25(29)27-12-14-31-15-13-27)24(32-23(17)18-8-4-3-5-9-18)26-21(28)16-19-10-6-7-11-20(19)30-2/h3-11H,12-16H2,1-2H3,(H,26,28). The second kappa shape index (κ2) is 9.97. The highest BCUT2D eigenvalue weighted by Gasteiger charge is 2.28. The van der Waals surface area contributed by atoms with Gasteiger partial charge < -0.3 is 19.7 Å². The summed E-state index contributed by atoms with van der Waals surface area (Å²) in [6, 6.07) is 17.4. The third-order valence-electron chi connectivity index (χ3n) is 5.49. The van der Waals surface area contributed by atoms with Crippen LogP contribution in [0.3, 0.4) is 0 Å². The molecule has 0 bridgehead atoms. The predicted molar refractivity (Wildman–Crippen MR) is 127 cm³/mol. The van der Waals surface area contributed by atoms with Gasteiger partial charge in [0, 0.05) is 23.5 Å². The Labute approximate surface area is 191 Å². The largest absolute Gasteiger partial charge is 0.496 e. The van der Waals surface area contributed by atoms with Crippen molar-refractivity contribution in [3.63, 3.8) is 0 Å². The molecule has 6 nitrogen and oxygen atoms in total. The number of thiophene rings is 1. The molecule has 2 heterocycles. The summed E-state index contributed by atoms with van der Waals surface area (Å²) in [5.74, 6) is 0.405. The maximum absolute atomic E-state index is 13.4. The molecule has 32 heavy (non-hydrogen) atoms. The zero-order valence-electron chi connectivity index (χ0n) is 18.2. The van der Waals surface area contributed by atoms with Gasteiger partial charge in [-0.2, -0.15) is 0 Å². The molecule has 1 fully saturated rings. The number of methoxy groups -OCH3 is 1. The molecule has 166 valence electrons. The fraction of sp³-hybridized carbons (Fsp3) is 0.280. The molecule has 1 N–H and O–H groups in total. The van der Waals surface area contributed by atoms with Gasteiger partial charge in [0.25, 0.3) is 5.91 Å². The van der Waals surface area contributed by atoms with Crippen LogP contribution in [0.25, 0.3) is 10.4 Å². The Bertz CT molecular complexity index is 1100. The second-order valence-corrected chi connectivity index (χ2v) is 8.59. The molecule has 0 spiro atoms. The van der Waals surface area contributed by atoms with Gasteiger partial charge in [-0.05, 0) is 24.1 Å². The first-order valence-electron chi connectivity index (χ1n) is 10.6. The predicted octanol–water partition coefficient (Wildman–Crippen LogP) is 4.39. The van der Waals surface area contributed by atoms with Gasteiger partial charge in [0.1, 0.15) is 10.8 Å². The Balaban J connectivity index is 1.66. The van der Waals surface area contributed by atoms with Gasteiger partial charge in [0.15, 0.2) is 0 Å². The fourth-order valence-electron chi connectivity index (χ4n) is 3.84. The van der Waals surface area contributed by atoms with Crippen molar-refractivity contribution in [3.05, 3.63) is 71.3 Å². The van der Waals surface area contributed by atoms with Gasteiger partial charge in [0.2, 0.25) is 5.91 Å². The normalized spacial score (nSPS) is 13.6. The van der Waals surface area contributed by atoms with E-state index in [0.717, 1.165) is 21.6 Å². The Hall–Kier alpha value is -3.16. The van der Waals surface area contributed by atoms with Crippen LogP contribution in [0.2, 0.25) is 0 Å². The van der Waals surface area contributed by atoms with E-state index < -0.39 is 0 Å². The van der Waals surface area contributed by atoms with Crippen molar-refractivity contribution in [2.45, 2.75) is 13.3 Å². The Morgan fingerprint density at radius 3 is 2.47 bits per heavy atom. The van der Waals surface area contributed by atoms with E-state index in [2.05, 4.69) is 5.32 Å². The van der Waals surface area contributed by atoms with Crippen LogP contribution >= 0.6 is 11.3 Å². The summed E-state index contributed by atoms with van der Waals surface area (Å²) in [6.45, 7) is 4.08. The topological polar surface area (TPSA) is 67.9 Å². The summed E-state index contributed by atoms with van der Waals surface area (Å²) in [5.41, 5.74) is 3.26. The van der Waals surface area contributed by atoms with E-state index in [-0.39, 0.29) is 18.2 Å². The van der Waals surface area contributed by atoms with E-state index in [0.29, 0.717) is 42.6 Å². The molecule has 1 saturated heterocycles. The number of amides is 2. The third kappa shape index (κ3) is 4.69. The Morgan fingerprint density at radius 2 is 1.75 bits per heavy atom. The maximum atomic E-state index is 13.4. The molecule has 1 aromatic heterocycles. The molecule has 0 aliphatic carbocycles. The van der Waals surface area contributed by atoms with E-state index in [4.69, 9.17) is 9.47 Å². The van der Waals surface area contributed by atoms with Crippen molar-refractivity contribution in [2.75, 3.05) is 38.7 Å². The van der Waals surface area contributed by atoms with Crippen LogP contribution in [-0.4, -0.2) is 50.1 Å². The Morgan fingerprint density at radius 1 is 1.06 bits per heavy atom. The molecular weight excluding hydrogens is 424 g/mol. The van der Waals surface area contributed by atoms with E-state index in [1.165, 1.54) is 11.3 Å². The van der Waals surface area contributed by atoms with Crippen LogP contribution in [0.4, 0.5) is 5.00 Å². The number of nitrogens with zero attached hydrogens (tertiary/aromatic N) is 1. The number of hydrogen-bond acceptors (Lipinski definition) is 5. The molecule has 2 amide bonds. The molecule has 1 aliphatic heterocycles. The Kier molecular flexibility index (Phi) is 6.87. The van der Waals surface area contributed by atoms with Gasteiger partial charge in [-0.3, -0.25) is 9.59 Å². The molecule has 0 radical (unpaired) electrons. The van der Waals surface area contributed by atoms with Crippen LogP contribution in [-0.2, 0) is 16.0 Å². The molecule has 4 rings (SSSR count). The minimum Gasteiger partial charge on any atom is -0.496 e. The van der Waals surface area contributed by atoms with Gasteiger partial charge in [-0.25, -0.2) is 0 Å². The highest BCUT2D eigenvalue weighted by molar-refractivity contribution is 7.20. The molecule has 0 saturated carbocycles. The van der Waals surface area contributed by atoms with Crippen molar-refractivity contribution >= 4 is 28.2 Å². The average molecular weight is 451 g/mol. The van der Waals surface area contributed by atoms with Crippen LogP contribution in [0.15, 0.2) is 54.6 Å². The number of carbonyl (C=O) groups is 2. The van der Waals surface area contributed by atoms with Gasteiger partial charge >= 0.3 is 0 Å². The van der Waals surface area contributed by atoms with Crippen molar-refractivity contribution in [2.24, 2.45) is 0 Å². The summed E-state index contributed by atoms with van der Waals surface area (Å²) in [7, 11) is 1.59. The number of hydrogen-bond donors (Lipinski definition) is 1. The minimum absolute atomic E-state index is 0.0724. The molecule has 0 unspecified atom stereocenters. The number of benzene rings is 2. The zero-order chi connectivity index (χ0) is 22.5. The number of anilines is 1. The van der Waals surface area contributed by atoms with E-state index >= 15 is 0 Å². The zero-order valence-corrected chi connectivity index (χ0v) is 19.0. The van der Waals surface area contributed by atoms with Gasteiger partial charge in [0.05, 0.1) is 32.3 Å². The highest BCUT2D eigenvalue weighted by atomic mass is 32.1. The SMILES string of the molecule is COc1ccccc1CC(=O)Nc1sc(-c2ccccc2)c(C)c1C(=O)N1CCOCC1. The summed E-state index contributed by atoms with van der Waals surface area (Å²) in [5, 5.41) is 3.59. The minimum atomic E-state index is -0.189. The van der Waals surface area contributed by atoms with Crippen molar-refractivity contribution < 1.29 is 19.1 Å². The summed E-state index contributed by atoms with van der Waals surface area (Å²) < 4.78 is 10.8. The lowest BCUT2D eigenvalue weighted by Gasteiger charge is -2.27. The number of para-hydroxylation sites is 1. The first-order valence-corrected chi connectivity index (χ1v) is 11.4. The maximum Gasteiger partial charge on any atom is 0.257 e. The van der Waals surface area contributed by atoms with E-state index in [9.17, 15) is 9.59 Å². The summed E-state index contributed by atoms with van der Waals surface area (Å²) >= 11 is 1.44. The molecule has 3 aromatic rings. The lowest BCUT2D eigenvalue weighted by atomic mass is 10.1. The first-order chi connectivity index (χ1) is 15.6. The third-order valence-corrected chi connectivity index (χ3v) is 6.75. The summed E-state index contributed by atoms with van der Waals surface area (Å²) in [4.78, 5) is 29.2. The van der Waals surface area contributed by atoms with Crippen LogP contribution < -0.4 is 10.1 Å². The van der Waals surface area contributed by atoms with Crippen LogP contribution in [0.1, 0.15) is 21.5 Å². The van der Waals surface area contributed by atoms with Crippen molar-refractivity contribution in [3.8, 4) is 16.2 Å².